The number of nitrogens with zero attached hydrogens (tertiary/aromatic N) is 3. The molecule has 0 amide bonds. The van der Waals surface area contributed by atoms with Crippen LogP contribution in [0.4, 0.5) is 0 Å². The van der Waals surface area contributed by atoms with Gasteiger partial charge >= 0.3 is 0 Å². The predicted octanol–water partition coefficient (Wildman–Crippen LogP) is 2.85. The molecule has 1 aromatic carbocycles. The standard InChI is InChI=1S/C18H16N3/c1-12-5-3-4-6-14(12)18-15-9-13-7-8-19-10-16(13)17(15)20-11-21(18)2/h3-8,10-11H,9H2,1-2H3/q+1. The Bertz CT molecular complexity index is 853. The molecule has 0 spiro atoms. The number of hydrogen-bond donors (Lipinski definition) is 0. The summed E-state index contributed by atoms with van der Waals surface area (Å²) in [6.45, 7) is 2.16. The Hall–Kier alpha value is -2.55. The van der Waals surface area contributed by atoms with E-state index < -0.39 is 0 Å². The summed E-state index contributed by atoms with van der Waals surface area (Å²) in [5, 5.41) is 0. The molecule has 0 aliphatic heterocycles. The quantitative estimate of drug-likeness (QED) is 0.500. The van der Waals surface area contributed by atoms with Crippen LogP contribution in [0.25, 0.3) is 22.5 Å². The highest BCUT2D eigenvalue weighted by atomic mass is 15.0. The van der Waals surface area contributed by atoms with Gasteiger partial charge < -0.3 is 0 Å². The zero-order chi connectivity index (χ0) is 14.4. The van der Waals surface area contributed by atoms with Gasteiger partial charge in [0.1, 0.15) is 5.69 Å². The Kier molecular flexibility index (Phi) is 2.61. The summed E-state index contributed by atoms with van der Waals surface area (Å²) < 4.78 is 2.13. The number of hydrogen-bond acceptors (Lipinski definition) is 2. The van der Waals surface area contributed by atoms with Crippen LogP contribution >= 0.6 is 0 Å². The van der Waals surface area contributed by atoms with Crippen molar-refractivity contribution in [3.8, 4) is 22.5 Å². The van der Waals surface area contributed by atoms with Gasteiger partial charge in [-0.1, -0.05) is 24.3 Å². The Labute approximate surface area is 124 Å². The zero-order valence-corrected chi connectivity index (χ0v) is 12.2. The summed E-state index contributed by atoms with van der Waals surface area (Å²) in [6, 6.07) is 10.6. The second kappa shape index (κ2) is 4.48. The molecule has 102 valence electrons. The Morgan fingerprint density at radius 1 is 1.10 bits per heavy atom. The second-order valence-corrected chi connectivity index (χ2v) is 5.56. The van der Waals surface area contributed by atoms with Crippen molar-refractivity contribution in [3.05, 3.63) is 65.7 Å². The summed E-state index contributed by atoms with van der Waals surface area (Å²) in [7, 11) is 2.07. The lowest BCUT2D eigenvalue weighted by atomic mass is 10.00. The number of pyridine rings is 1. The average molecular weight is 274 g/mol. The largest absolute Gasteiger partial charge is 0.287 e. The molecule has 1 aliphatic carbocycles. The summed E-state index contributed by atoms with van der Waals surface area (Å²) in [5.74, 6) is 0. The molecule has 0 atom stereocenters. The number of fused-ring (bicyclic) bond motifs is 3. The van der Waals surface area contributed by atoms with Crippen LogP contribution in [0.5, 0.6) is 0 Å². The molecule has 2 aromatic heterocycles. The monoisotopic (exact) mass is 274 g/mol. The van der Waals surface area contributed by atoms with Crippen molar-refractivity contribution in [2.24, 2.45) is 7.05 Å². The van der Waals surface area contributed by atoms with E-state index in [4.69, 9.17) is 0 Å². The molecule has 0 saturated carbocycles. The van der Waals surface area contributed by atoms with Gasteiger partial charge in [0, 0.05) is 29.9 Å². The molecule has 3 heteroatoms. The number of aromatic nitrogens is 3. The van der Waals surface area contributed by atoms with Crippen LogP contribution in [0, 0.1) is 6.92 Å². The first-order valence-corrected chi connectivity index (χ1v) is 7.12. The van der Waals surface area contributed by atoms with Crippen molar-refractivity contribution < 1.29 is 4.57 Å². The molecule has 0 saturated heterocycles. The van der Waals surface area contributed by atoms with Crippen molar-refractivity contribution >= 4 is 0 Å². The summed E-state index contributed by atoms with van der Waals surface area (Å²) in [6.07, 6.45) is 6.62. The van der Waals surface area contributed by atoms with E-state index in [2.05, 4.69) is 58.8 Å². The van der Waals surface area contributed by atoms with Gasteiger partial charge in [-0.3, -0.25) is 4.98 Å². The van der Waals surface area contributed by atoms with Crippen LogP contribution in [-0.4, -0.2) is 9.97 Å². The van der Waals surface area contributed by atoms with Gasteiger partial charge in [0.2, 0.25) is 0 Å². The van der Waals surface area contributed by atoms with Gasteiger partial charge in [-0.2, -0.15) is 0 Å². The van der Waals surface area contributed by atoms with Gasteiger partial charge in [-0.05, 0) is 29.1 Å². The van der Waals surface area contributed by atoms with Crippen LogP contribution in [-0.2, 0) is 13.5 Å². The number of benzene rings is 1. The average Bonchev–Trinajstić information content (AvgIpc) is 2.87. The highest BCUT2D eigenvalue weighted by Gasteiger charge is 2.30. The van der Waals surface area contributed by atoms with Crippen molar-refractivity contribution in [2.45, 2.75) is 13.3 Å². The predicted molar refractivity (Wildman–Crippen MR) is 81.6 cm³/mol. The Morgan fingerprint density at radius 3 is 2.81 bits per heavy atom. The first-order valence-electron chi connectivity index (χ1n) is 7.12. The van der Waals surface area contributed by atoms with Crippen molar-refractivity contribution in [1.29, 1.82) is 0 Å². The van der Waals surface area contributed by atoms with Gasteiger partial charge in [0.25, 0.3) is 6.33 Å². The third-order valence-corrected chi connectivity index (χ3v) is 4.22. The lowest BCUT2D eigenvalue weighted by Gasteiger charge is -2.09. The van der Waals surface area contributed by atoms with E-state index in [9.17, 15) is 0 Å². The normalized spacial score (nSPS) is 12.1. The maximum absolute atomic E-state index is 4.64. The Balaban J connectivity index is 2.01. The highest BCUT2D eigenvalue weighted by Crippen LogP contribution is 2.38. The fourth-order valence-electron chi connectivity index (χ4n) is 3.18. The lowest BCUT2D eigenvalue weighted by Crippen LogP contribution is -2.33. The van der Waals surface area contributed by atoms with Crippen LogP contribution in [0.3, 0.4) is 0 Å². The topological polar surface area (TPSA) is 29.7 Å². The fraction of sp³-hybridized carbons (Fsp3) is 0.167. The van der Waals surface area contributed by atoms with E-state index in [1.54, 1.807) is 0 Å². The van der Waals surface area contributed by atoms with E-state index in [-0.39, 0.29) is 0 Å². The van der Waals surface area contributed by atoms with E-state index in [0.29, 0.717) is 0 Å². The molecule has 3 aromatic rings. The molecule has 4 rings (SSSR count). The van der Waals surface area contributed by atoms with Crippen molar-refractivity contribution in [1.82, 2.24) is 9.97 Å². The van der Waals surface area contributed by atoms with E-state index in [1.807, 2.05) is 18.7 Å². The summed E-state index contributed by atoms with van der Waals surface area (Å²) in [4.78, 5) is 8.89. The van der Waals surface area contributed by atoms with Crippen molar-refractivity contribution in [3.63, 3.8) is 0 Å². The van der Waals surface area contributed by atoms with Gasteiger partial charge in [0.15, 0.2) is 5.69 Å². The zero-order valence-electron chi connectivity index (χ0n) is 12.2. The van der Waals surface area contributed by atoms with E-state index in [0.717, 1.165) is 12.1 Å². The SMILES string of the molecule is Cc1ccccc1-c1c2c(nc[n+]1C)-c1cnccc1C2. The van der Waals surface area contributed by atoms with Crippen LogP contribution in [0.2, 0.25) is 0 Å². The van der Waals surface area contributed by atoms with Gasteiger partial charge in [0.05, 0.1) is 12.6 Å². The molecule has 0 bridgehead atoms. The third kappa shape index (κ3) is 1.77. The maximum atomic E-state index is 4.64. The van der Waals surface area contributed by atoms with E-state index >= 15 is 0 Å². The second-order valence-electron chi connectivity index (χ2n) is 5.56. The summed E-state index contributed by atoms with van der Waals surface area (Å²) >= 11 is 0. The van der Waals surface area contributed by atoms with Gasteiger partial charge in [-0.25, -0.2) is 4.57 Å². The molecule has 2 heterocycles. The Morgan fingerprint density at radius 2 is 1.95 bits per heavy atom. The number of aryl methyl sites for hydroxylation is 2. The third-order valence-electron chi connectivity index (χ3n) is 4.22. The van der Waals surface area contributed by atoms with Crippen LogP contribution in [0.15, 0.2) is 49.1 Å². The molecule has 0 N–H and O–H groups in total. The van der Waals surface area contributed by atoms with Gasteiger partial charge in [-0.15, -0.1) is 0 Å². The van der Waals surface area contributed by atoms with Crippen LogP contribution in [0.1, 0.15) is 16.7 Å². The first kappa shape index (κ1) is 12.2. The smallest absolute Gasteiger partial charge is 0.264 e. The molecular formula is C18H16N3+. The minimum atomic E-state index is 0.929. The van der Waals surface area contributed by atoms with E-state index in [1.165, 1.54) is 33.5 Å². The molecule has 1 aliphatic rings. The molecule has 0 radical (unpaired) electrons. The summed E-state index contributed by atoms with van der Waals surface area (Å²) in [5.41, 5.74) is 8.69. The molecule has 3 nitrogen and oxygen atoms in total. The first-order chi connectivity index (χ1) is 10.3. The fourth-order valence-corrected chi connectivity index (χ4v) is 3.18. The maximum Gasteiger partial charge on any atom is 0.287 e. The van der Waals surface area contributed by atoms with Crippen molar-refractivity contribution in [2.75, 3.05) is 0 Å². The molecular weight excluding hydrogens is 258 g/mol. The minimum Gasteiger partial charge on any atom is -0.264 e. The molecule has 0 fully saturated rings. The lowest BCUT2D eigenvalue weighted by molar-refractivity contribution is -0.663. The highest BCUT2D eigenvalue weighted by molar-refractivity contribution is 5.79. The number of rotatable bonds is 1. The minimum absolute atomic E-state index is 0.929. The van der Waals surface area contributed by atoms with Crippen LogP contribution < -0.4 is 4.57 Å². The molecule has 21 heavy (non-hydrogen) atoms. The molecule has 0 unspecified atom stereocenters.